The molecule has 0 saturated heterocycles. The molecule has 0 unspecified atom stereocenters. The van der Waals surface area contributed by atoms with Crippen molar-refractivity contribution in [3.05, 3.63) is 58.1 Å². The molecule has 20 heavy (non-hydrogen) atoms. The normalized spacial score (nSPS) is 10.3. The Kier molecular flexibility index (Phi) is 4.88. The standard InChI is InChI=1S/C15H14Cl2N2O/c16-11-7-12(17)9-14(8-11)19-15(20)5-4-10-2-1-3-13(18)6-10/h1-3,6-9H,4-5,18H2,(H,19,20). The van der Waals surface area contributed by atoms with E-state index in [1.165, 1.54) is 0 Å². The van der Waals surface area contributed by atoms with Crippen molar-refractivity contribution in [2.75, 3.05) is 11.1 Å². The van der Waals surface area contributed by atoms with E-state index >= 15 is 0 Å². The molecule has 0 bridgehead atoms. The van der Waals surface area contributed by atoms with Gasteiger partial charge in [0.05, 0.1) is 0 Å². The number of halogens is 2. The van der Waals surface area contributed by atoms with Crippen LogP contribution in [-0.4, -0.2) is 5.91 Å². The number of nitrogens with one attached hydrogen (secondary N) is 1. The zero-order valence-electron chi connectivity index (χ0n) is 10.7. The van der Waals surface area contributed by atoms with E-state index in [0.717, 1.165) is 5.56 Å². The van der Waals surface area contributed by atoms with Crippen LogP contribution in [0.15, 0.2) is 42.5 Å². The summed E-state index contributed by atoms with van der Waals surface area (Å²) in [6, 6.07) is 12.4. The molecule has 3 nitrogen and oxygen atoms in total. The fourth-order valence-electron chi connectivity index (χ4n) is 1.86. The van der Waals surface area contributed by atoms with E-state index in [1.807, 2.05) is 24.3 Å². The first-order valence-corrected chi connectivity index (χ1v) is 6.89. The number of aryl methyl sites for hydroxylation is 1. The number of rotatable bonds is 4. The molecule has 0 atom stereocenters. The third kappa shape index (κ3) is 4.44. The van der Waals surface area contributed by atoms with Crippen LogP contribution in [0.1, 0.15) is 12.0 Å². The van der Waals surface area contributed by atoms with Crippen LogP contribution in [0.2, 0.25) is 10.0 Å². The molecule has 0 aromatic heterocycles. The second-order valence-corrected chi connectivity index (χ2v) is 5.32. The number of hydrogen-bond acceptors (Lipinski definition) is 2. The summed E-state index contributed by atoms with van der Waals surface area (Å²) in [6.07, 6.45) is 0.999. The van der Waals surface area contributed by atoms with Crippen molar-refractivity contribution in [2.45, 2.75) is 12.8 Å². The Morgan fingerprint density at radius 3 is 2.45 bits per heavy atom. The number of nitrogens with two attached hydrogens (primary N) is 1. The van der Waals surface area contributed by atoms with Crippen molar-refractivity contribution < 1.29 is 4.79 Å². The zero-order chi connectivity index (χ0) is 14.5. The van der Waals surface area contributed by atoms with Gasteiger partial charge in [0, 0.05) is 27.8 Å². The molecule has 0 heterocycles. The van der Waals surface area contributed by atoms with Crippen LogP contribution in [0.3, 0.4) is 0 Å². The minimum absolute atomic E-state index is 0.0919. The number of amides is 1. The minimum Gasteiger partial charge on any atom is -0.399 e. The molecular formula is C15H14Cl2N2O. The Morgan fingerprint density at radius 1 is 1.10 bits per heavy atom. The molecule has 104 valence electrons. The Bertz CT molecular complexity index is 609. The van der Waals surface area contributed by atoms with Crippen molar-refractivity contribution >= 4 is 40.5 Å². The summed E-state index contributed by atoms with van der Waals surface area (Å²) in [5, 5.41) is 3.75. The lowest BCUT2D eigenvalue weighted by atomic mass is 10.1. The number of nitrogen functional groups attached to an aromatic ring is 1. The van der Waals surface area contributed by atoms with Crippen molar-refractivity contribution in [3.63, 3.8) is 0 Å². The average Bonchev–Trinajstić information content (AvgIpc) is 2.35. The number of hydrogen-bond donors (Lipinski definition) is 2. The van der Waals surface area contributed by atoms with Gasteiger partial charge < -0.3 is 11.1 Å². The van der Waals surface area contributed by atoms with Crippen LogP contribution in [-0.2, 0) is 11.2 Å². The molecule has 0 spiro atoms. The maximum absolute atomic E-state index is 11.9. The molecule has 0 saturated carbocycles. The van der Waals surface area contributed by atoms with Gasteiger partial charge in [0.1, 0.15) is 0 Å². The van der Waals surface area contributed by atoms with Crippen molar-refractivity contribution in [1.29, 1.82) is 0 Å². The first-order valence-electron chi connectivity index (χ1n) is 6.13. The Balaban J connectivity index is 1.92. The van der Waals surface area contributed by atoms with Gasteiger partial charge >= 0.3 is 0 Å². The smallest absolute Gasteiger partial charge is 0.224 e. The fourth-order valence-corrected chi connectivity index (χ4v) is 2.38. The van der Waals surface area contributed by atoms with Gasteiger partial charge in [-0.1, -0.05) is 35.3 Å². The highest BCUT2D eigenvalue weighted by Crippen LogP contribution is 2.22. The van der Waals surface area contributed by atoms with E-state index in [0.29, 0.717) is 34.3 Å². The highest BCUT2D eigenvalue weighted by atomic mass is 35.5. The van der Waals surface area contributed by atoms with E-state index in [1.54, 1.807) is 18.2 Å². The Hall–Kier alpha value is -1.71. The summed E-state index contributed by atoms with van der Waals surface area (Å²) in [6.45, 7) is 0. The maximum atomic E-state index is 11.9. The number of benzene rings is 2. The average molecular weight is 309 g/mol. The molecule has 2 aromatic rings. The fraction of sp³-hybridized carbons (Fsp3) is 0.133. The van der Waals surface area contributed by atoms with Crippen LogP contribution in [0, 0.1) is 0 Å². The molecule has 2 aromatic carbocycles. The molecule has 0 aliphatic heterocycles. The molecular weight excluding hydrogens is 295 g/mol. The molecule has 0 aliphatic rings. The van der Waals surface area contributed by atoms with E-state index in [4.69, 9.17) is 28.9 Å². The summed E-state index contributed by atoms with van der Waals surface area (Å²) in [4.78, 5) is 11.9. The first kappa shape index (κ1) is 14.7. The first-order chi connectivity index (χ1) is 9.52. The van der Waals surface area contributed by atoms with Crippen LogP contribution >= 0.6 is 23.2 Å². The largest absolute Gasteiger partial charge is 0.399 e. The second-order valence-electron chi connectivity index (χ2n) is 4.45. The molecule has 0 radical (unpaired) electrons. The Morgan fingerprint density at radius 2 is 1.80 bits per heavy atom. The predicted molar refractivity (Wildman–Crippen MR) is 84.3 cm³/mol. The van der Waals surface area contributed by atoms with Gasteiger partial charge in [-0.25, -0.2) is 0 Å². The van der Waals surface area contributed by atoms with Gasteiger partial charge in [0.25, 0.3) is 0 Å². The van der Waals surface area contributed by atoms with Crippen LogP contribution in [0.25, 0.3) is 0 Å². The molecule has 2 rings (SSSR count). The van der Waals surface area contributed by atoms with E-state index in [2.05, 4.69) is 5.32 Å². The van der Waals surface area contributed by atoms with E-state index < -0.39 is 0 Å². The number of carbonyl (C=O) groups is 1. The van der Waals surface area contributed by atoms with Crippen LogP contribution in [0.5, 0.6) is 0 Å². The highest BCUT2D eigenvalue weighted by molar-refractivity contribution is 6.35. The lowest BCUT2D eigenvalue weighted by Crippen LogP contribution is -2.12. The minimum atomic E-state index is -0.0919. The van der Waals surface area contributed by atoms with Gasteiger partial charge in [0.15, 0.2) is 0 Å². The van der Waals surface area contributed by atoms with E-state index in [-0.39, 0.29) is 5.91 Å². The van der Waals surface area contributed by atoms with Crippen LogP contribution in [0.4, 0.5) is 11.4 Å². The van der Waals surface area contributed by atoms with Crippen molar-refractivity contribution in [3.8, 4) is 0 Å². The third-order valence-electron chi connectivity index (χ3n) is 2.74. The summed E-state index contributed by atoms with van der Waals surface area (Å²) >= 11 is 11.7. The van der Waals surface area contributed by atoms with Gasteiger partial charge in [0.2, 0.25) is 5.91 Å². The van der Waals surface area contributed by atoms with Gasteiger partial charge in [-0.3, -0.25) is 4.79 Å². The van der Waals surface area contributed by atoms with E-state index in [9.17, 15) is 4.79 Å². The zero-order valence-corrected chi connectivity index (χ0v) is 12.2. The SMILES string of the molecule is Nc1cccc(CCC(=O)Nc2cc(Cl)cc(Cl)c2)c1. The maximum Gasteiger partial charge on any atom is 0.224 e. The topological polar surface area (TPSA) is 55.1 Å². The van der Waals surface area contributed by atoms with Gasteiger partial charge in [-0.15, -0.1) is 0 Å². The predicted octanol–water partition coefficient (Wildman–Crippen LogP) is 4.15. The monoisotopic (exact) mass is 308 g/mol. The third-order valence-corrected chi connectivity index (χ3v) is 3.17. The molecule has 5 heteroatoms. The summed E-state index contributed by atoms with van der Waals surface area (Å²) < 4.78 is 0. The highest BCUT2D eigenvalue weighted by Gasteiger charge is 2.05. The lowest BCUT2D eigenvalue weighted by Gasteiger charge is -2.07. The number of carbonyl (C=O) groups excluding carboxylic acids is 1. The summed E-state index contributed by atoms with van der Waals surface area (Å²) in [5.41, 5.74) is 8.02. The van der Waals surface area contributed by atoms with Crippen LogP contribution < -0.4 is 11.1 Å². The molecule has 1 amide bonds. The second kappa shape index (κ2) is 6.64. The van der Waals surface area contributed by atoms with Crippen molar-refractivity contribution in [1.82, 2.24) is 0 Å². The molecule has 0 aliphatic carbocycles. The molecule has 0 fully saturated rings. The summed E-state index contributed by atoms with van der Waals surface area (Å²) in [7, 11) is 0. The molecule has 3 N–H and O–H groups in total. The van der Waals surface area contributed by atoms with Gasteiger partial charge in [-0.05, 0) is 42.3 Å². The number of anilines is 2. The Labute approximate surface area is 127 Å². The lowest BCUT2D eigenvalue weighted by molar-refractivity contribution is -0.116. The quantitative estimate of drug-likeness (QED) is 0.834. The van der Waals surface area contributed by atoms with Crippen molar-refractivity contribution in [2.24, 2.45) is 0 Å². The summed E-state index contributed by atoms with van der Waals surface area (Å²) in [5.74, 6) is -0.0919. The van der Waals surface area contributed by atoms with Gasteiger partial charge in [-0.2, -0.15) is 0 Å².